The Labute approximate surface area is 151 Å². The molecule has 6 nitrogen and oxygen atoms in total. The van der Waals surface area contributed by atoms with E-state index >= 15 is 0 Å². The van der Waals surface area contributed by atoms with Crippen molar-refractivity contribution in [3.8, 4) is 0 Å². The first-order valence-corrected chi connectivity index (χ1v) is 9.10. The molecule has 0 saturated carbocycles. The number of carbonyl (C=O) groups is 1. The Morgan fingerprint density at radius 3 is 3.12 bits per heavy atom. The molecule has 4 rings (SSSR count). The van der Waals surface area contributed by atoms with Gasteiger partial charge < -0.3 is 14.5 Å². The van der Waals surface area contributed by atoms with Gasteiger partial charge in [-0.05, 0) is 37.5 Å². The Balaban J connectivity index is 1.60. The standard InChI is InChI=1S/C19H22FN5O/c1-2-17-21-8-10-24(17)12-18(26)25-9-4-3-5-16(25)19-22-14-7-6-13(20)11-15(14)23-19/h6-8,10-11,16H,2-5,9,12H2,1H3,(H,22,23)/t16-/m1/s1. The number of hydrogen-bond donors (Lipinski definition) is 1. The van der Waals surface area contributed by atoms with Crippen molar-refractivity contribution in [2.24, 2.45) is 0 Å². The quantitative estimate of drug-likeness (QED) is 0.781. The number of nitrogens with zero attached hydrogens (tertiary/aromatic N) is 4. The van der Waals surface area contributed by atoms with E-state index in [2.05, 4.69) is 15.0 Å². The van der Waals surface area contributed by atoms with Crippen LogP contribution in [0.2, 0.25) is 0 Å². The Morgan fingerprint density at radius 1 is 1.38 bits per heavy atom. The van der Waals surface area contributed by atoms with Gasteiger partial charge >= 0.3 is 0 Å². The van der Waals surface area contributed by atoms with Crippen LogP contribution in [-0.4, -0.2) is 36.9 Å². The van der Waals surface area contributed by atoms with E-state index in [1.54, 1.807) is 12.3 Å². The smallest absolute Gasteiger partial charge is 0.243 e. The molecule has 0 radical (unpaired) electrons. The van der Waals surface area contributed by atoms with Gasteiger partial charge in [0.15, 0.2) is 0 Å². The third-order valence-electron chi connectivity index (χ3n) is 5.02. The number of fused-ring (bicyclic) bond motifs is 1. The van der Waals surface area contributed by atoms with E-state index in [4.69, 9.17) is 0 Å². The van der Waals surface area contributed by atoms with Gasteiger partial charge in [0.2, 0.25) is 5.91 Å². The molecule has 1 aliphatic heterocycles. The maximum Gasteiger partial charge on any atom is 0.243 e. The summed E-state index contributed by atoms with van der Waals surface area (Å²) in [5.41, 5.74) is 1.39. The molecule has 1 aliphatic rings. The molecule has 1 fully saturated rings. The predicted octanol–water partition coefficient (Wildman–Crippen LogP) is 3.21. The van der Waals surface area contributed by atoms with Crippen LogP contribution in [0.1, 0.15) is 43.9 Å². The zero-order valence-corrected chi connectivity index (χ0v) is 14.8. The summed E-state index contributed by atoms with van der Waals surface area (Å²) in [6, 6.07) is 4.42. The van der Waals surface area contributed by atoms with Crippen LogP contribution < -0.4 is 0 Å². The summed E-state index contributed by atoms with van der Waals surface area (Å²) in [4.78, 5) is 27.0. The van der Waals surface area contributed by atoms with Gasteiger partial charge in [-0.2, -0.15) is 0 Å². The summed E-state index contributed by atoms with van der Waals surface area (Å²) in [6.45, 7) is 3.03. The molecule has 0 spiro atoms. The van der Waals surface area contributed by atoms with Gasteiger partial charge in [-0.15, -0.1) is 0 Å². The number of likely N-dealkylation sites (tertiary alicyclic amines) is 1. The number of aromatic nitrogens is 4. The molecule has 0 bridgehead atoms. The fourth-order valence-corrected chi connectivity index (χ4v) is 3.71. The van der Waals surface area contributed by atoms with E-state index in [0.29, 0.717) is 12.1 Å². The van der Waals surface area contributed by atoms with Crippen molar-refractivity contribution in [1.29, 1.82) is 0 Å². The van der Waals surface area contributed by atoms with Crippen LogP contribution in [0.3, 0.4) is 0 Å². The lowest BCUT2D eigenvalue weighted by Gasteiger charge is -2.34. The molecule has 2 aromatic heterocycles. The molecule has 0 aliphatic carbocycles. The monoisotopic (exact) mass is 355 g/mol. The molecule has 0 unspecified atom stereocenters. The van der Waals surface area contributed by atoms with Crippen molar-refractivity contribution in [3.63, 3.8) is 0 Å². The van der Waals surface area contributed by atoms with Crippen molar-refractivity contribution in [2.45, 2.75) is 45.2 Å². The Morgan fingerprint density at radius 2 is 2.27 bits per heavy atom. The number of aromatic amines is 1. The van der Waals surface area contributed by atoms with Gasteiger partial charge in [0.1, 0.15) is 24.0 Å². The molecular weight excluding hydrogens is 333 g/mol. The molecule has 7 heteroatoms. The van der Waals surface area contributed by atoms with Crippen molar-refractivity contribution in [2.75, 3.05) is 6.54 Å². The van der Waals surface area contributed by atoms with E-state index in [0.717, 1.165) is 42.8 Å². The minimum Gasteiger partial charge on any atom is -0.340 e. The number of halogens is 1. The summed E-state index contributed by atoms with van der Waals surface area (Å²) in [7, 11) is 0. The van der Waals surface area contributed by atoms with Crippen molar-refractivity contribution in [1.82, 2.24) is 24.4 Å². The molecule has 1 amide bonds. The molecule has 1 aromatic carbocycles. The molecular formula is C19H22FN5O. The second-order valence-electron chi connectivity index (χ2n) is 6.71. The molecule has 1 atom stereocenters. The van der Waals surface area contributed by atoms with Crippen LogP contribution in [0.25, 0.3) is 11.0 Å². The Bertz CT molecular complexity index is 931. The Kier molecular flexibility index (Phi) is 4.44. The average Bonchev–Trinajstić information content (AvgIpc) is 3.27. The third kappa shape index (κ3) is 3.09. The number of H-pyrrole nitrogens is 1. The summed E-state index contributed by atoms with van der Waals surface area (Å²) in [6.07, 6.45) is 7.26. The maximum atomic E-state index is 13.5. The molecule has 3 aromatic rings. The first-order chi connectivity index (χ1) is 12.7. The van der Waals surface area contributed by atoms with Gasteiger partial charge in [-0.25, -0.2) is 14.4 Å². The number of nitrogens with one attached hydrogen (secondary N) is 1. The van der Waals surface area contributed by atoms with E-state index in [1.165, 1.54) is 12.1 Å². The summed E-state index contributed by atoms with van der Waals surface area (Å²) < 4.78 is 15.4. The molecule has 1 saturated heterocycles. The highest BCUT2D eigenvalue weighted by Crippen LogP contribution is 2.31. The second kappa shape index (κ2) is 6.90. The van der Waals surface area contributed by atoms with Gasteiger partial charge in [-0.3, -0.25) is 4.79 Å². The van der Waals surface area contributed by atoms with E-state index in [-0.39, 0.29) is 24.3 Å². The second-order valence-corrected chi connectivity index (χ2v) is 6.71. The van der Waals surface area contributed by atoms with Crippen LogP contribution in [0.4, 0.5) is 4.39 Å². The van der Waals surface area contributed by atoms with E-state index in [9.17, 15) is 9.18 Å². The highest BCUT2D eigenvalue weighted by atomic mass is 19.1. The maximum absolute atomic E-state index is 13.5. The van der Waals surface area contributed by atoms with Crippen LogP contribution in [0.5, 0.6) is 0 Å². The van der Waals surface area contributed by atoms with Crippen LogP contribution in [0, 0.1) is 5.82 Å². The molecule has 26 heavy (non-hydrogen) atoms. The SMILES string of the molecule is CCc1nccn1CC(=O)N1CCCC[C@@H]1c1nc2ccc(F)cc2[nH]1. The third-order valence-corrected chi connectivity index (χ3v) is 5.02. The van der Waals surface area contributed by atoms with Crippen molar-refractivity contribution >= 4 is 16.9 Å². The topological polar surface area (TPSA) is 66.8 Å². The highest BCUT2D eigenvalue weighted by Gasteiger charge is 2.30. The minimum atomic E-state index is -0.295. The fourth-order valence-electron chi connectivity index (χ4n) is 3.71. The van der Waals surface area contributed by atoms with Crippen molar-refractivity contribution in [3.05, 3.63) is 48.1 Å². The van der Waals surface area contributed by atoms with Crippen molar-refractivity contribution < 1.29 is 9.18 Å². The zero-order valence-electron chi connectivity index (χ0n) is 14.8. The number of benzene rings is 1. The number of imidazole rings is 2. The van der Waals surface area contributed by atoms with Gasteiger partial charge in [0.05, 0.1) is 17.1 Å². The summed E-state index contributed by atoms with van der Waals surface area (Å²) in [5, 5.41) is 0. The lowest BCUT2D eigenvalue weighted by Crippen LogP contribution is -2.40. The number of rotatable bonds is 4. The predicted molar refractivity (Wildman–Crippen MR) is 96.0 cm³/mol. The number of amides is 1. The Hall–Kier alpha value is -2.70. The molecule has 1 N–H and O–H groups in total. The molecule has 3 heterocycles. The average molecular weight is 355 g/mol. The van der Waals surface area contributed by atoms with Crippen LogP contribution in [-0.2, 0) is 17.8 Å². The molecule has 136 valence electrons. The van der Waals surface area contributed by atoms with Gasteiger partial charge in [-0.1, -0.05) is 6.92 Å². The fraction of sp³-hybridized carbons (Fsp3) is 0.421. The summed E-state index contributed by atoms with van der Waals surface area (Å²) >= 11 is 0. The number of carbonyl (C=O) groups excluding carboxylic acids is 1. The van der Waals surface area contributed by atoms with Gasteiger partial charge in [0, 0.05) is 25.4 Å². The lowest BCUT2D eigenvalue weighted by molar-refractivity contribution is -0.136. The first kappa shape index (κ1) is 16.8. The highest BCUT2D eigenvalue weighted by molar-refractivity contribution is 5.78. The largest absolute Gasteiger partial charge is 0.340 e. The zero-order chi connectivity index (χ0) is 18.1. The number of piperidine rings is 1. The number of aryl methyl sites for hydroxylation is 1. The van der Waals surface area contributed by atoms with Crippen LogP contribution >= 0.6 is 0 Å². The van der Waals surface area contributed by atoms with Crippen LogP contribution in [0.15, 0.2) is 30.6 Å². The minimum absolute atomic E-state index is 0.0639. The van der Waals surface area contributed by atoms with E-state index in [1.807, 2.05) is 22.6 Å². The normalized spacial score (nSPS) is 17.8. The summed E-state index contributed by atoms with van der Waals surface area (Å²) in [5.74, 6) is 1.41. The van der Waals surface area contributed by atoms with Gasteiger partial charge in [0.25, 0.3) is 0 Å². The lowest BCUT2D eigenvalue weighted by atomic mass is 10.0. The number of hydrogen-bond acceptors (Lipinski definition) is 3. The first-order valence-electron chi connectivity index (χ1n) is 9.10. The van der Waals surface area contributed by atoms with E-state index < -0.39 is 0 Å².